The third-order valence-electron chi connectivity index (χ3n) is 4.89. The summed E-state index contributed by atoms with van der Waals surface area (Å²) in [6.45, 7) is 7.50. The molecule has 0 radical (unpaired) electrons. The van der Waals surface area contributed by atoms with E-state index in [4.69, 9.17) is 0 Å². The van der Waals surface area contributed by atoms with Gasteiger partial charge in [-0.3, -0.25) is 9.80 Å². The van der Waals surface area contributed by atoms with Gasteiger partial charge in [0.1, 0.15) is 0 Å². The largest absolute Gasteiger partial charge is 0.317 e. The van der Waals surface area contributed by atoms with Crippen LogP contribution in [0.25, 0.3) is 0 Å². The molecule has 112 valence electrons. The average molecular weight is 268 g/mol. The molecule has 1 aliphatic carbocycles. The lowest BCUT2D eigenvalue weighted by Gasteiger charge is -2.42. The van der Waals surface area contributed by atoms with Gasteiger partial charge in [0, 0.05) is 51.4 Å². The van der Waals surface area contributed by atoms with E-state index in [9.17, 15) is 0 Å². The summed E-state index contributed by atoms with van der Waals surface area (Å²) in [5.41, 5.74) is 0. The van der Waals surface area contributed by atoms with E-state index in [0.717, 1.165) is 12.1 Å². The number of nitrogens with zero attached hydrogens (tertiary/aromatic N) is 3. The van der Waals surface area contributed by atoms with Gasteiger partial charge in [0.05, 0.1) is 0 Å². The van der Waals surface area contributed by atoms with Crippen molar-refractivity contribution in [1.82, 2.24) is 20.0 Å². The van der Waals surface area contributed by atoms with E-state index in [1.165, 1.54) is 65.0 Å². The first-order valence-corrected chi connectivity index (χ1v) is 7.97. The van der Waals surface area contributed by atoms with Crippen LogP contribution in [0, 0.1) is 0 Å². The summed E-state index contributed by atoms with van der Waals surface area (Å²) in [4.78, 5) is 7.65. The molecule has 0 aromatic heterocycles. The van der Waals surface area contributed by atoms with Crippen molar-refractivity contribution in [3.05, 3.63) is 0 Å². The van der Waals surface area contributed by atoms with E-state index in [0.29, 0.717) is 0 Å². The number of rotatable bonds is 5. The summed E-state index contributed by atoms with van der Waals surface area (Å²) in [6, 6.07) is 1.64. The van der Waals surface area contributed by atoms with Gasteiger partial charge in [-0.1, -0.05) is 0 Å². The summed E-state index contributed by atoms with van der Waals surface area (Å²) in [7, 11) is 6.43. The van der Waals surface area contributed by atoms with Crippen LogP contribution in [0.15, 0.2) is 0 Å². The minimum absolute atomic E-state index is 0.776. The Bertz CT molecular complexity index is 241. The molecule has 2 fully saturated rings. The van der Waals surface area contributed by atoms with Gasteiger partial charge in [0.25, 0.3) is 0 Å². The maximum absolute atomic E-state index is 3.43. The van der Waals surface area contributed by atoms with Crippen molar-refractivity contribution in [2.75, 3.05) is 60.4 Å². The van der Waals surface area contributed by atoms with Gasteiger partial charge in [0.15, 0.2) is 0 Å². The molecular formula is C15H32N4. The van der Waals surface area contributed by atoms with Crippen molar-refractivity contribution < 1.29 is 0 Å². The zero-order chi connectivity index (χ0) is 13.7. The molecule has 0 amide bonds. The fourth-order valence-electron chi connectivity index (χ4n) is 3.42. The fourth-order valence-corrected chi connectivity index (χ4v) is 3.42. The van der Waals surface area contributed by atoms with Crippen LogP contribution in [-0.2, 0) is 0 Å². The Hall–Kier alpha value is -0.160. The lowest BCUT2D eigenvalue weighted by atomic mass is 9.90. The molecule has 0 unspecified atom stereocenters. The first kappa shape index (κ1) is 15.2. The lowest BCUT2D eigenvalue weighted by molar-refractivity contribution is 0.0717. The number of nitrogens with one attached hydrogen (secondary N) is 1. The van der Waals surface area contributed by atoms with Crippen LogP contribution in [0.2, 0.25) is 0 Å². The predicted octanol–water partition coefficient (Wildman–Crippen LogP) is 0.696. The highest BCUT2D eigenvalue weighted by atomic mass is 15.3. The van der Waals surface area contributed by atoms with E-state index in [2.05, 4.69) is 41.2 Å². The van der Waals surface area contributed by atoms with Crippen LogP contribution >= 0.6 is 0 Å². The van der Waals surface area contributed by atoms with Crippen molar-refractivity contribution in [1.29, 1.82) is 0 Å². The Labute approximate surface area is 119 Å². The molecule has 1 saturated heterocycles. The minimum atomic E-state index is 0.776. The van der Waals surface area contributed by atoms with Crippen LogP contribution in [-0.4, -0.2) is 87.2 Å². The lowest BCUT2D eigenvalue weighted by Crippen LogP contribution is -2.52. The first-order chi connectivity index (χ1) is 9.19. The molecule has 1 heterocycles. The van der Waals surface area contributed by atoms with Gasteiger partial charge in [0.2, 0.25) is 0 Å². The van der Waals surface area contributed by atoms with Gasteiger partial charge >= 0.3 is 0 Å². The molecule has 4 nitrogen and oxygen atoms in total. The monoisotopic (exact) mass is 268 g/mol. The summed E-state index contributed by atoms with van der Waals surface area (Å²) in [6.07, 6.45) is 5.51. The molecule has 1 saturated carbocycles. The Morgan fingerprint density at radius 3 is 2.16 bits per heavy atom. The highest BCUT2D eigenvalue weighted by molar-refractivity contribution is 4.85. The highest BCUT2D eigenvalue weighted by Crippen LogP contribution is 2.23. The SMILES string of the molecule is CNC1CCC(N2CCN(CCN(C)C)CC2)CC1. The van der Waals surface area contributed by atoms with Gasteiger partial charge in [-0.25, -0.2) is 0 Å². The van der Waals surface area contributed by atoms with Crippen molar-refractivity contribution in [2.24, 2.45) is 0 Å². The second kappa shape index (κ2) is 7.58. The van der Waals surface area contributed by atoms with E-state index in [1.807, 2.05) is 0 Å². The average Bonchev–Trinajstić information content (AvgIpc) is 2.46. The van der Waals surface area contributed by atoms with Crippen molar-refractivity contribution in [2.45, 2.75) is 37.8 Å². The Morgan fingerprint density at radius 1 is 1.00 bits per heavy atom. The smallest absolute Gasteiger partial charge is 0.0113 e. The van der Waals surface area contributed by atoms with Crippen LogP contribution in [0.1, 0.15) is 25.7 Å². The third-order valence-corrected chi connectivity index (χ3v) is 4.89. The summed E-state index contributed by atoms with van der Waals surface area (Å²) in [5, 5.41) is 3.43. The standard InChI is InChI=1S/C15H32N4/c1-16-14-4-6-15(7-5-14)19-12-10-18(11-13-19)9-8-17(2)3/h14-16H,4-13H2,1-3H3. The molecule has 1 aliphatic heterocycles. The molecule has 2 aliphatic rings. The van der Waals surface area contributed by atoms with Gasteiger partial charge in [-0.05, 0) is 46.8 Å². The topological polar surface area (TPSA) is 21.8 Å². The molecule has 4 heteroatoms. The molecule has 19 heavy (non-hydrogen) atoms. The van der Waals surface area contributed by atoms with E-state index in [1.54, 1.807) is 0 Å². The molecule has 0 bridgehead atoms. The molecule has 0 aromatic rings. The molecule has 1 N–H and O–H groups in total. The van der Waals surface area contributed by atoms with Crippen LogP contribution in [0.3, 0.4) is 0 Å². The number of hydrogen-bond donors (Lipinski definition) is 1. The van der Waals surface area contributed by atoms with Crippen LogP contribution < -0.4 is 5.32 Å². The molecule has 0 atom stereocenters. The number of piperazine rings is 1. The van der Waals surface area contributed by atoms with Crippen LogP contribution in [0.4, 0.5) is 0 Å². The summed E-state index contributed by atoms with van der Waals surface area (Å²) >= 11 is 0. The van der Waals surface area contributed by atoms with Crippen molar-refractivity contribution in [3.8, 4) is 0 Å². The van der Waals surface area contributed by atoms with E-state index in [-0.39, 0.29) is 0 Å². The minimum Gasteiger partial charge on any atom is -0.317 e. The van der Waals surface area contributed by atoms with Crippen molar-refractivity contribution in [3.63, 3.8) is 0 Å². The number of hydrogen-bond acceptors (Lipinski definition) is 4. The maximum Gasteiger partial charge on any atom is 0.0113 e. The summed E-state index contributed by atoms with van der Waals surface area (Å²) in [5.74, 6) is 0. The molecule has 0 spiro atoms. The predicted molar refractivity (Wildman–Crippen MR) is 81.7 cm³/mol. The zero-order valence-electron chi connectivity index (χ0n) is 13.1. The van der Waals surface area contributed by atoms with Crippen molar-refractivity contribution >= 4 is 0 Å². The second-order valence-electron chi connectivity index (χ2n) is 6.48. The third kappa shape index (κ3) is 4.71. The Balaban J connectivity index is 1.66. The van der Waals surface area contributed by atoms with Gasteiger partial charge in [-0.2, -0.15) is 0 Å². The Kier molecular flexibility index (Phi) is 6.07. The second-order valence-corrected chi connectivity index (χ2v) is 6.48. The molecular weight excluding hydrogens is 236 g/mol. The molecule has 2 rings (SSSR count). The van der Waals surface area contributed by atoms with E-state index >= 15 is 0 Å². The normalized spacial score (nSPS) is 30.9. The quantitative estimate of drug-likeness (QED) is 0.792. The Morgan fingerprint density at radius 2 is 1.63 bits per heavy atom. The van der Waals surface area contributed by atoms with Gasteiger partial charge in [-0.15, -0.1) is 0 Å². The van der Waals surface area contributed by atoms with Gasteiger partial charge < -0.3 is 10.2 Å². The molecule has 0 aromatic carbocycles. The van der Waals surface area contributed by atoms with E-state index < -0.39 is 0 Å². The first-order valence-electron chi connectivity index (χ1n) is 7.97. The number of likely N-dealkylation sites (N-methyl/N-ethyl adjacent to an activating group) is 1. The highest BCUT2D eigenvalue weighted by Gasteiger charge is 2.27. The summed E-state index contributed by atoms with van der Waals surface area (Å²) < 4.78 is 0. The van der Waals surface area contributed by atoms with Crippen LogP contribution in [0.5, 0.6) is 0 Å². The fraction of sp³-hybridized carbons (Fsp3) is 1.00. The zero-order valence-corrected chi connectivity index (χ0v) is 13.1. The maximum atomic E-state index is 3.43.